The summed E-state index contributed by atoms with van der Waals surface area (Å²) in [5.41, 5.74) is 0. The maximum Gasteiger partial charge on any atom is 0.305 e. The topological polar surface area (TPSA) is 26.3 Å². The van der Waals surface area contributed by atoms with Gasteiger partial charge in [0.15, 0.2) is 0 Å². The second-order valence-corrected chi connectivity index (χ2v) is 6.27. The van der Waals surface area contributed by atoms with Crippen molar-refractivity contribution in [1.29, 1.82) is 0 Å². The predicted molar refractivity (Wildman–Crippen MR) is 112 cm³/mol. The minimum absolute atomic E-state index is 0.0713. The molecule has 2 heteroatoms. The Labute approximate surface area is 157 Å². The van der Waals surface area contributed by atoms with E-state index in [-0.39, 0.29) is 5.97 Å². The summed E-state index contributed by atoms with van der Waals surface area (Å²) in [6.45, 7) is 8.01. The van der Waals surface area contributed by atoms with Crippen molar-refractivity contribution in [2.24, 2.45) is 0 Å². The Bertz CT molecular complexity index is 329. The fourth-order valence-corrected chi connectivity index (χ4v) is 2.31. The van der Waals surface area contributed by atoms with Gasteiger partial charge in [0.1, 0.15) is 0 Å². The van der Waals surface area contributed by atoms with E-state index in [4.69, 9.17) is 0 Å². The zero-order valence-electron chi connectivity index (χ0n) is 17.1. The van der Waals surface area contributed by atoms with Gasteiger partial charge in [-0.05, 0) is 25.7 Å². The van der Waals surface area contributed by atoms with Crippen LogP contribution in [0.4, 0.5) is 0 Å². The zero-order valence-corrected chi connectivity index (χ0v) is 17.1. The fraction of sp³-hybridized carbons (Fsp3) is 0.696. The first-order valence-electron chi connectivity index (χ1n) is 10.2. The van der Waals surface area contributed by atoms with Crippen molar-refractivity contribution in [3.8, 4) is 0 Å². The summed E-state index contributed by atoms with van der Waals surface area (Å²) in [6.07, 6.45) is 25.9. The van der Waals surface area contributed by atoms with E-state index in [1.54, 1.807) is 0 Å². The highest BCUT2D eigenvalue weighted by Crippen LogP contribution is 2.10. The van der Waals surface area contributed by atoms with Crippen LogP contribution in [0.5, 0.6) is 0 Å². The van der Waals surface area contributed by atoms with E-state index in [0.29, 0.717) is 6.42 Å². The third-order valence-electron chi connectivity index (χ3n) is 3.86. The Kier molecular flexibility index (Phi) is 25.9. The molecule has 0 aromatic rings. The van der Waals surface area contributed by atoms with Crippen LogP contribution in [0.3, 0.4) is 0 Å². The molecule has 0 aromatic heterocycles. The van der Waals surface area contributed by atoms with Crippen molar-refractivity contribution in [2.75, 3.05) is 7.11 Å². The minimum Gasteiger partial charge on any atom is -0.469 e. The zero-order chi connectivity index (χ0) is 19.0. The highest BCUT2D eigenvalue weighted by atomic mass is 16.5. The Morgan fingerprint density at radius 1 is 0.800 bits per heavy atom. The lowest BCUT2D eigenvalue weighted by Crippen LogP contribution is -1.99. The number of allylic oxidation sites excluding steroid dienone is 5. The molecular formula is C23H42O2. The molecule has 0 amide bonds. The molecule has 0 saturated heterocycles. The lowest BCUT2D eigenvalue weighted by Gasteiger charge is -2.01. The number of hydrogen-bond donors (Lipinski definition) is 0. The molecule has 0 aliphatic rings. The molecule has 0 unspecified atom stereocenters. The molecule has 0 atom stereocenters. The largest absolute Gasteiger partial charge is 0.469 e. The Hall–Kier alpha value is -1.31. The normalized spacial score (nSPS) is 10.7. The van der Waals surface area contributed by atoms with Gasteiger partial charge in [-0.1, -0.05) is 95.6 Å². The molecule has 0 heterocycles. The molecule has 0 rings (SSSR count). The molecule has 0 aliphatic heterocycles. The van der Waals surface area contributed by atoms with Crippen LogP contribution in [0.15, 0.2) is 37.0 Å². The van der Waals surface area contributed by atoms with E-state index in [0.717, 1.165) is 25.7 Å². The van der Waals surface area contributed by atoms with Gasteiger partial charge >= 0.3 is 5.97 Å². The first-order valence-corrected chi connectivity index (χ1v) is 10.2. The number of unbranched alkanes of at least 4 members (excludes halogenated alkanes) is 8. The smallest absolute Gasteiger partial charge is 0.305 e. The van der Waals surface area contributed by atoms with Gasteiger partial charge in [-0.15, -0.1) is 6.58 Å². The van der Waals surface area contributed by atoms with Crippen LogP contribution < -0.4 is 0 Å². The number of carbonyl (C=O) groups excluding carboxylic acids is 1. The van der Waals surface area contributed by atoms with Gasteiger partial charge in [-0.2, -0.15) is 0 Å². The highest BCUT2D eigenvalue weighted by molar-refractivity contribution is 5.68. The summed E-state index contributed by atoms with van der Waals surface area (Å²) in [5.74, 6) is -0.0713. The third-order valence-corrected chi connectivity index (χ3v) is 3.86. The maximum atomic E-state index is 10.8. The molecule has 0 radical (unpaired) electrons. The van der Waals surface area contributed by atoms with Crippen LogP contribution >= 0.6 is 0 Å². The van der Waals surface area contributed by atoms with Crippen LogP contribution in [-0.2, 0) is 9.53 Å². The first kappa shape index (κ1) is 25.9. The second-order valence-electron chi connectivity index (χ2n) is 6.27. The lowest BCUT2D eigenvalue weighted by atomic mass is 10.1. The monoisotopic (exact) mass is 350 g/mol. The summed E-state index contributed by atoms with van der Waals surface area (Å²) >= 11 is 0. The molecule has 2 nitrogen and oxygen atoms in total. The van der Waals surface area contributed by atoms with Gasteiger partial charge in [-0.3, -0.25) is 4.79 Å². The van der Waals surface area contributed by atoms with Gasteiger partial charge in [0.05, 0.1) is 7.11 Å². The standard InChI is InChI=1S/C13H26O2.C10H16/c1-3-4-5-6-7-8-9-10-11-12-13(14)15-2;1-3-5-7-9-10-8-6-4-2/h3-12H2,1-2H3;3,6-9H,1,4-5,10H2,2H3/b;8-6+,9-7+. The van der Waals surface area contributed by atoms with Crippen LogP contribution in [0, 0.1) is 0 Å². The van der Waals surface area contributed by atoms with Gasteiger partial charge < -0.3 is 4.74 Å². The van der Waals surface area contributed by atoms with Crippen molar-refractivity contribution >= 4 is 5.97 Å². The van der Waals surface area contributed by atoms with Crippen LogP contribution in [-0.4, -0.2) is 13.1 Å². The maximum absolute atomic E-state index is 10.8. The summed E-state index contributed by atoms with van der Waals surface area (Å²) in [5, 5.41) is 0. The molecule has 0 spiro atoms. The van der Waals surface area contributed by atoms with E-state index < -0.39 is 0 Å². The lowest BCUT2D eigenvalue weighted by molar-refractivity contribution is -0.140. The van der Waals surface area contributed by atoms with Gasteiger partial charge in [-0.25, -0.2) is 0 Å². The molecular weight excluding hydrogens is 308 g/mol. The third kappa shape index (κ3) is 27.8. The van der Waals surface area contributed by atoms with Crippen molar-refractivity contribution in [2.45, 2.75) is 97.3 Å². The fourth-order valence-electron chi connectivity index (χ4n) is 2.31. The van der Waals surface area contributed by atoms with Gasteiger partial charge in [0, 0.05) is 6.42 Å². The first-order chi connectivity index (χ1) is 12.2. The number of methoxy groups -OCH3 is 1. The summed E-state index contributed by atoms with van der Waals surface area (Å²) in [6, 6.07) is 0. The SMILES string of the molecule is C=CC/C=C/C/C=C/CC.CCCCCCCCCCCC(=O)OC. The molecule has 0 N–H and O–H groups in total. The molecule has 0 aromatic carbocycles. The summed E-state index contributed by atoms with van der Waals surface area (Å²) < 4.78 is 4.58. The summed E-state index contributed by atoms with van der Waals surface area (Å²) in [7, 11) is 1.45. The Morgan fingerprint density at radius 3 is 1.84 bits per heavy atom. The molecule has 0 saturated carbocycles. The van der Waals surface area contributed by atoms with E-state index >= 15 is 0 Å². The number of hydrogen-bond acceptors (Lipinski definition) is 2. The quantitative estimate of drug-likeness (QED) is 0.173. The van der Waals surface area contributed by atoms with E-state index in [1.165, 1.54) is 58.5 Å². The average Bonchev–Trinajstić information content (AvgIpc) is 2.63. The summed E-state index contributed by atoms with van der Waals surface area (Å²) in [4.78, 5) is 10.8. The number of ether oxygens (including phenoxy) is 1. The van der Waals surface area contributed by atoms with Crippen LogP contribution in [0.25, 0.3) is 0 Å². The molecule has 25 heavy (non-hydrogen) atoms. The van der Waals surface area contributed by atoms with Crippen molar-refractivity contribution in [3.05, 3.63) is 37.0 Å². The van der Waals surface area contributed by atoms with Gasteiger partial charge in [0.25, 0.3) is 0 Å². The molecule has 0 bridgehead atoms. The molecule has 0 aliphatic carbocycles. The van der Waals surface area contributed by atoms with Crippen LogP contribution in [0.1, 0.15) is 97.3 Å². The number of esters is 1. The van der Waals surface area contributed by atoms with E-state index in [1.807, 2.05) is 6.08 Å². The Balaban J connectivity index is 0. The number of rotatable bonds is 15. The van der Waals surface area contributed by atoms with Gasteiger partial charge in [0.2, 0.25) is 0 Å². The predicted octanol–water partition coefficient (Wildman–Crippen LogP) is 7.56. The second kappa shape index (κ2) is 24.9. The minimum atomic E-state index is -0.0713. The highest BCUT2D eigenvalue weighted by Gasteiger charge is 1.98. The van der Waals surface area contributed by atoms with Crippen molar-refractivity contribution < 1.29 is 9.53 Å². The van der Waals surface area contributed by atoms with Crippen molar-refractivity contribution in [3.63, 3.8) is 0 Å². The Morgan fingerprint density at radius 2 is 1.32 bits per heavy atom. The van der Waals surface area contributed by atoms with Crippen molar-refractivity contribution in [1.82, 2.24) is 0 Å². The van der Waals surface area contributed by atoms with E-state index in [2.05, 4.69) is 49.5 Å². The number of carbonyl (C=O) groups is 1. The molecule has 0 fully saturated rings. The molecule has 146 valence electrons. The van der Waals surface area contributed by atoms with Crippen LogP contribution in [0.2, 0.25) is 0 Å². The van der Waals surface area contributed by atoms with E-state index in [9.17, 15) is 4.79 Å². The average molecular weight is 351 g/mol.